The van der Waals surface area contributed by atoms with Crippen LogP contribution in [0.15, 0.2) is 46.9 Å². The van der Waals surface area contributed by atoms with Gasteiger partial charge >= 0.3 is 0 Å². The van der Waals surface area contributed by atoms with Gasteiger partial charge in [0.2, 0.25) is 0 Å². The number of rotatable bonds is 5. The highest BCUT2D eigenvalue weighted by Gasteiger charge is 2.15. The predicted octanol–water partition coefficient (Wildman–Crippen LogP) is 4.63. The van der Waals surface area contributed by atoms with Gasteiger partial charge in [-0.05, 0) is 55.3 Å². The first-order chi connectivity index (χ1) is 11.6. The normalized spacial score (nSPS) is 14.8. The Balaban J connectivity index is 1.67. The van der Waals surface area contributed by atoms with Crippen LogP contribution in [0.25, 0.3) is 0 Å². The molecule has 0 unspecified atom stereocenters. The van der Waals surface area contributed by atoms with Crippen LogP contribution in [0.4, 0.5) is 0 Å². The topological polar surface area (TPSA) is 32.3 Å². The van der Waals surface area contributed by atoms with Crippen molar-refractivity contribution in [3.05, 3.63) is 68.7 Å². The molecule has 126 valence electrons. The molecule has 0 aliphatic carbocycles. The molecule has 24 heavy (non-hydrogen) atoms. The van der Waals surface area contributed by atoms with E-state index < -0.39 is 0 Å². The first-order valence-corrected chi connectivity index (χ1v) is 9.33. The SMILES string of the molecule is O=C(NCc1ccccc1CN1CCCC1)c1cc(Br)ccc1Cl. The number of benzene rings is 2. The molecule has 0 radical (unpaired) electrons. The molecule has 0 saturated carbocycles. The summed E-state index contributed by atoms with van der Waals surface area (Å²) in [5.41, 5.74) is 2.92. The first-order valence-electron chi connectivity index (χ1n) is 8.16. The molecule has 1 N–H and O–H groups in total. The number of hydrogen-bond donors (Lipinski definition) is 1. The van der Waals surface area contributed by atoms with Gasteiger partial charge in [-0.2, -0.15) is 0 Å². The lowest BCUT2D eigenvalue weighted by Crippen LogP contribution is -2.25. The van der Waals surface area contributed by atoms with Gasteiger partial charge in [-0.15, -0.1) is 0 Å². The van der Waals surface area contributed by atoms with E-state index in [1.54, 1.807) is 12.1 Å². The molecule has 1 aliphatic rings. The predicted molar refractivity (Wildman–Crippen MR) is 101 cm³/mol. The lowest BCUT2D eigenvalue weighted by atomic mass is 10.1. The number of carbonyl (C=O) groups is 1. The van der Waals surface area contributed by atoms with Crippen molar-refractivity contribution in [2.24, 2.45) is 0 Å². The fraction of sp³-hybridized carbons (Fsp3) is 0.316. The summed E-state index contributed by atoms with van der Waals surface area (Å²) in [5.74, 6) is -0.155. The third kappa shape index (κ3) is 4.38. The molecule has 5 heteroatoms. The van der Waals surface area contributed by atoms with E-state index in [0.717, 1.165) is 29.7 Å². The first kappa shape index (κ1) is 17.5. The second-order valence-electron chi connectivity index (χ2n) is 6.06. The Morgan fingerprint density at radius 1 is 1.12 bits per heavy atom. The lowest BCUT2D eigenvalue weighted by molar-refractivity contribution is 0.0951. The van der Waals surface area contributed by atoms with Crippen LogP contribution in [0.1, 0.15) is 34.3 Å². The van der Waals surface area contributed by atoms with Gasteiger partial charge in [0, 0.05) is 17.6 Å². The summed E-state index contributed by atoms with van der Waals surface area (Å²) in [5, 5.41) is 3.45. The summed E-state index contributed by atoms with van der Waals surface area (Å²) in [7, 11) is 0. The third-order valence-electron chi connectivity index (χ3n) is 4.32. The molecule has 0 aromatic heterocycles. The van der Waals surface area contributed by atoms with Gasteiger partial charge in [-0.25, -0.2) is 0 Å². The zero-order valence-corrected chi connectivity index (χ0v) is 15.7. The van der Waals surface area contributed by atoms with Crippen molar-refractivity contribution in [3.8, 4) is 0 Å². The number of nitrogens with one attached hydrogen (secondary N) is 1. The second kappa shape index (κ2) is 8.15. The van der Waals surface area contributed by atoms with Crippen LogP contribution in [-0.4, -0.2) is 23.9 Å². The number of likely N-dealkylation sites (tertiary alicyclic amines) is 1. The van der Waals surface area contributed by atoms with Crippen LogP contribution in [0.2, 0.25) is 5.02 Å². The van der Waals surface area contributed by atoms with E-state index in [1.165, 1.54) is 18.4 Å². The van der Waals surface area contributed by atoms with Crippen molar-refractivity contribution < 1.29 is 4.79 Å². The maximum Gasteiger partial charge on any atom is 0.253 e. The van der Waals surface area contributed by atoms with Crippen LogP contribution >= 0.6 is 27.5 Å². The molecule has 2 aromatic rings. The molecule has 1 aliphatic heterocycles. The zero-order valence-electron chi connectivity index (χ0n) is 13.4. The maximum absolute atomic E-state index is 12.4. The van der Waals surface area contributed by atoms with E-state index in [4.69, 9.17) is 11.6 Å². The Kier molecular flexibility index (Phi) is 5.93. The monoisotopic (exact) mass is 406 g/mol. The molecule has 0 atom stereocenters. The van der Waals surface area contributed by atoms with Crippen molar-refractivity contribution in [1.29, 1.82) is 0 Å². The second-order valence-corrected chi connectivity index (χ2v) is 7.38. The summed E-state index contributed by atoms with van der Waals surface area (Å²) in [6.45, 7) is 3.78. The minimum absolute atomic E-state index is 0.155. The molecule has 2 aromatic carbocycles. The highest BCUT2D eigenvalue weighted by molar-refractivity contribution is 9.10. The Hall–Kier alpha value is -1.36. The Bertz CT molecular complexity index is 729. The highest BCUT2D eigenvalue weighted by atomic mass is 79.9. The van der Waals surface area contributed by atoms with Gasteiger partial charge < -0.3 is 5.32 Å². The summed E-state index contributed by atoms with van der Waals surface area (Å²) in [4.78, 5) is 14.9. The standard InChI is InChI=1S/C19H20BrClN2O/c20-16-7-8-18(21)17(11-16)19(24)22-12-14-5-1-2-6-15(14)13-23-9-3-4-10-23/h1-2,5-8,11H,3-4,9-10,12-13H2,(H,22,24). The fourth-order valence-corrected chi connectivity index (χ4v) is 3.57. The van der Waals surface area contributed by atoms with E-state index >= 15 is 0 Å². The molecular weight excluding hydrogens is 388 g/mol. The fourth-order valence-electron chi connectivity index (χ4n) is 3.01. The molecular formula is C19H20BrClN2O. The highest BCUT2D eigenvalue weighted by Crippen LogP contribution is 2.21. The summed E-state index contributed by atoms with van der Waals surface area (Å²) >= 11 is 9.51. The van der Waals surface area contributed by atoms with Crippen molar-refractivity contribution in [3.63, 3.8) is 0 Å². The minimum Gasteiger partial charge on any atom is -0.348 e. The van der Waals surface area contributed by atoms with Gasteiger partial charge in [0.15, 0.2) is 0 Å². The smallest absolute Gasteiger partial charge is 0.253 e. The van der Waals surface area contributed by atoms with Gasteiger partial charge in [0.05, 0.1) is 10.6 Å². The molecule has 3 nitrogen and oxygen atoms in total. The Morgan fingerprint density at radius 2 is 1.83 bits per heavy atom. The maximum atomic E-state index is 12.4. The quantitative estimate of drug-likeness (QED) is 0.784. The average Bonchev–Trinajstić information content (AvgIpc) is 3.09. The lowest BCUT2D eigenvalue weighted by Gasteiger charge is -2.18. The minimum atomic E-state index is -0.155. The Morgan fingerprint density at radius 3 is 2.58 bits per heavy atom. The number of hydrogen-bond acceptors (Lipinski definition) is 2. The van der Waals surface area contributed by atoms with E-state index in [9.17, 15) is 4.79 Å². The van der Waals surface area contributed by atoms with Crippen molar-refractivity contribution in [2.45, 2.75) is 25.9 Å². The Labute approximate surface area is 156 Å². The van der Waals surface area contributed by atoms with Gasteiger partial charge in [0.1, 0.15) is 0 Å². The summed E-state index contributed by atoms with van der Waals surface area (Å²) in [6.07, 6.45) is 2.56. The van der Waals surface area contributed by atoms with Crippen LogP contribution in [0.5, 0.6) is 0 Å². The number of nitrogens with zero attached hydrogens (tertiary/aromatic N) is 1. The molecule has 1 heterocycles. The van der Waals surface area contributed by atoms with Crippen LogP contribution in [0.3, 0.4) is 0 Å². The van der Waals surface area contributed by atoms with Crippen LogP contribution < -0.4 is 5.32 Å². The van der Waals surface area contributed by atoms with Gasteiger partial charge in [-0.3, -0.25) is 9.69 Å². The summed E-state index contributed by atoms with van der Waals surface area (Å²) < 4.78 is 0.839. The van der Waals surface area contributed by atoms with Crippen molar-refractivity contribution in [1.82, 2.24) is 10.2 Å². The largest absolute Gasteiger partial charge is 0.348 e. The molecule has 1 fully saturated rings. The van der Waals surface area contributed by atoms with E-state index in [2.05, 4.69) is 44.3 Å². The molecule has 0 spiro atoms. The van der Waals surface area contributed by atoms with Crippen molar-refractivity contribution >= 4 is 33.4 Å². The van der Waals surface area contributed by atoms with Gasteiger partial charge in [-0.1, -0.05) is 51.8 Å². The van der Waals surface area contributed by atoms with Crippen LogP contribution in [0, 0.1) is 0 Å². The van der Waals surface area contributed by atoms with Crippen LogP contribution in [-0.2, 0) is 13.1 Å². The molecule has 0 bridgehead atoms. The van der Waals surface area contributed by atoms with E-state index in [-0.39, 0.29) is 5.91 Å². The zero-order chi connectivity index (χ0) is 16.9. The number of amides is 1. The number of halogens is 2. The van der Waals surface area contributed by atoms with Crippen molar-refractivity contribution in [2.75, 3.05) is 13.1 Å². The van der Waals surface area contributed by atoms with E-state index in [0.29, 0.717) is 17.1 Å². The molecule has 1 amide bonds. The van der Waals surface area contributed by atoms with E-state index in [1.807, 2.05) is 12.1 Å². The molecule has 1 saturated heterocycles. The number of carbonyl (C=O) groups excluding carboxylic acids is 1. The average molecular weight is 408 g/mol. The summed E-state index contributed by atoms with van der Waals surface area (Å²) in [6, 6.07) is 13.6. The van der Waals surface area contributed by atoms with Gasteiger partial charge in [0.25, 0.3) is 5.91 Å². The molecule has 3 rings (SSSR count). The third-order valence-corrected chi connectivity index (χ3v) is 5.15.